The van der Waals surface area contributed by atoms with Crippen LogP contribution >= 0.6 is 11.6 Å². The minimum Gasteiger partial charge on any atom is -0.310 e. The molecule has 1 saturated carbocycles. The lowest BCUT2D eigenvalue weighted by molar-refractivity contribution is 0.479. The summed E-state index contributed by atoms with van der Waals surface area (Å²) in [4.78, 5) is 0. The Labute approximate surface area is 101 Å². The van der Waals surface area contributed by atoms with Crippen LogP contribution in [0, 0.1) is 11.7 Å². The van der Waals surface area contributed by atoms with Gasteiger partial charge in [0.15, 0.2) is 0 Å². The van der Waals surface area contributed by atoms with Crippen molar-refractivity contribution in [1.29, 1.82) is 0 Å². The summed E-state index contributed by atoms with van der Waals surface area (Å²) in [6.07, 6.45) is 3.91. The van der Waals surface area contributed by atoms with Crippen LogP contribution in [0.5, 0.6) is 0 Å². The van der Waals surface area contributed by atoms with E-state index >= 15 is 0 Å². The third kappa shape index (κ3) is 3.46. The number of hydrogen-bond donors (Lipinski definition) is 1. The molecule has 1 atom stereocenters. The van der Waals surface area contributed by atoms with Crippen molar-refractivity contribution in [2.75, 3.05) is 0 Å². The van der Waals surface area contributed by atoms with E-state index in [9.17, 15) is 4.39 Å². The van der Waals surface area contributed by atoms with Crippen LogP contribution in [0.15, 0.2) is 18.2 Å². The van der Waals surface area contributed by atoms with E-state index in [2.05, 4.69) is 12.2 Å². The summed E-state index contributed by atoms with van der Waals surface area (Å²) in [7, 11) is 0. The summed E-state index contributed by atoms with van der Waals surface area (Å²) in [6, 6.07) is 5.14. The van der Waals surface area contributed by atoms with Gasteiger partial charge in [0.25, 0.3) is 0 Å². The Hall–Kier alpha value is -0.600. The predicted molar refractivity (Wildman–Crippen MR) is 65.1 cm³/mol. The maximum atomic E-state index is 13.4. The Kier molecular flexibility index (Phi) is 3.82. The van der Waals surface area contributed by atoms with Gasteiger partial charge in [0, 0.05) is 23.2 Å². The Morgan fingerprint density at radius 1 is 1.50 bits per heavy atom. The minimum absolute atomic E-state index is 0.185. The van der Waals surface area contributed by atoms with Crippen molar-refractivity contribution in [3.8, 4) is 0 Å². The Bertz CT molecular complexity index is 363. The first-order chi connectivity index (χ1) is 7.65. The molecule has 1 aliphatic rings. The van der Waals surface area contributed by atoms with Crippen molar-refractivity contribution in [1.82, 2.24) is 5.32 Å². The molecule has 0 radical (unpaired) electrons. The van der Waals surface area contributed by atoms with Crippen LogP contribution < -0.4 is 5.32 Å². The number of rotatable bonds is 5. The molecule has 1 unspecified atom stereocenters. The largest absolute Gasteiger partial charge is 0.310 e. The molecule has 0 saturated heterocycles. The second kappa shape index (κ2) is 5.15. The SMILES string of the molecule is CC(CC1CC1)NCc1cc(Cl)ccc1F. The molecule has 1 aromatic carbocycles. The van der Waals surface area contributed by atoms with Gasteiger partial charge >= 0.3 is 0 Å². The van der Waals surface area contributed by atoms with Gasteiger partial charge in [0.1, 0.15) is 5.82 Å². The Morgan fingerprint density at radius 2 is 2.25 bits per heavy atom. The van der Waals surface area contributed by atoms with E-state index in [1.54, 1.807) is 12.1 Å². The third-order valence-corrected chi connectivity index (χ3v) is 3.27. The van der Waals surface area contributed by atoms with Crippen molar-refractivity contribution in [3.05, 3.63) is 34.6 Å². The van der Waals surface area contributed by atoms with Crippen LogP contribution in [-0.2, 0) is 6.54 Å². The average Bonchev–Trinajstić information content (AvgIpc) is 3.03. The highest BCUT2D eigenvalue weighted by molar-refractivity contribution is 6.30. The highest BCUT2D eigenvalue weighted by atomic mass is 35.5. The molecule has 1 aliphatic carbocycles. The lowest BCUT2D eigenvalue weighted by Gasteiger charge is -2.13. The van der Waals surface area contributed by atoms with E-state index < -0.39 is 0 Å². The van der Waals surface area contributed by atoms with Crippen LogP contribution in [0.3, 0.4) is 0 Å². The zero-order valence-corrected chi connectivity index (χ0v) is 10.2. The first-order valence-electron chi connectivity index (χ1n) is 5.82. The molecule has 1 nitrogen and oxygen atoms in total. The van der Waals surface area contributed by atoms with Gasteiger partial charge in [-0.05, 0) is 37.5 Å². The molecule has 3 heteroatoms. The van der Waals surface area contributed by atoms with Gasteiger partial charge in [-0.25, -0.2) is 4.39 Å². The zero-order valence-electron chi connectivity index (χ0n) is 9.47. The van der Waals surface area contributed by atoms with E-state index in [0.29, 0.717) is 23.2 Å². The second-order valence-corrected chi connectivity index (χ2v) is 5.13. The van der Waals surface area contributed by atoms with Gasteiger partial charge in [-0.2, -0.15) is 0 Å². The fourth-order valence-electron chi connectivity index (χ4n) is 1.90. The summed E-state index contributed by atoms with van der Waals surface area (Å²) in [6.45, 7) is 2.71. The predicted octanol–water partition coefficient (Wildman–Crippen LogP) is 3.76. The van der Waals surface area contributed by atoms with Crippen molar-refractivity contribution in [2.45, 2.75) is 38.8 Å². The molecule has 16 heavy (non-hydrogen) atoms. The van der Waals surface area contributed by atoms with Crippen LogP contribution in [0.2, 0.25) is 5.02 Å². The van der Waals surface area contributed by atoms with E-state index in [1.165, 1.54) is 25.3 Å². The van der Waals surface area contributed by atoms with Crippen LogP contribution in [0.4, 0.5) is 4.39 Å². The summed E-state index contributed by atoms with van der Waals surface area (Å²) in [5.41, 5.74) is 0.648. The zero-order chi connectivity index (χ0) is 11.5. The molecule has 0 amide bonds. The molecule has 0 aliphatic heterocycles. The van der Waals surface area contributed by atoms with Gasteiger partial charge < -0.3 is 5.32 Å². The number of benzene rings is 1. The van der Waals surface area contributed by atoms with E-state index in [1.807, 2.05) is 0 Å². The molecular weight excluding hydrogens is 225 g/mol. The molecule has 1 fully saturated rings. The maximum absolute atomic E-state index is 13.4. The number of nitrogens with one attached hydrogen (secondary N) is 1. The first kappa shape index (κ1) is 11.9. The fourth-order valence-corrected chi connectivity index (χ4v) is 2.09. The summed E-state index contributed by atoms with van der Waals surface area (Å²) in [5.74, 6) is 0.710. The van der Waals surface area contributed by atoms with E-state index in [-0.39, 0.29) is 5.82 Å². The standard InChI is InChI=1S/C13H17ClFN/c1-9(6-10-2-3-10)16-8-11-7-12(14)4-5-13(11)15/h4-5,7,9-10,16H,2-3,6,8H2,1H3. The van der Waals surface area contributed by atoms with Crippen molar-refractivity contribution in [2.24, 2.45) is 5.92 Å². The molecule has 0 heterocycles. The molecule has 0 aromatic heterocycles. The highest BCUT2D eigenvalue weighted by Crippen LogP contribution is 2.33. The Morgan fingerprint density at radius 3 is 2.94 bits per heavy atom. The normalized spacial score (nSPS) is 17.4. The maximum Gasteiger partial charge on any atom is 0.127 e. The average molecular weight is 242 g/mol. The first-order valence-corrected chi connectivity index (χ1v) is 6.20. The van der Waals surface area contributed by atoms with Crippen LogP contribution in [0.25, 0.3) is 0 Å². The number of halogens is 2. The van der Waals surface area contributed by atoms with Gasteiger partial charge in [-0.3, -0.25) is 0 Å². The summed E-state index contributed by atoms with van der Waals surface area (Å²) in [5, 5.41) is 3.93. The summed E-state index contributed by atoms with van der Waals surface area (Å²) < 4.78 is 13.4. The molecule has 1 aromatic rings. The van der Waals surface area contributed by atoms with Crippen LogP contribution in [-0.4, -0.2) is 6.04 Å². The van der Waals surface area contributed by atoms with Gasteiger partial charge in [0.2, 0.25) is 0 Å². The lowest BCUT2D eigenvalue weighted by Crippen LogP contribution is -2.26. The van der Waals surface area contributed by atoms with E-state index in [4.69, 9.17) is 11.6 Å². The molecular formula is C13H17ClFN. The molecule has 2 rings (SSSR count). The third-order valence-electron chi connectivity index (χ3n) is 3.03. The highest BCUT2D eigenvalue weighted by Gasteiger charge is 2.23. The lowest BCUT2D eigenvalue weighted by atomic mass is 10.1. The quantitative estimate of drug-likeness (QED) is 0.828. The second-order valence-electron chi connectivity index (χ2n) is 4.70. The monoisotopic (exact) mass is 241 g/mol. The minimum atomic E-state index is -0.185. The molecule has 0 spiro atoms. The Balaban J connectivity index is 1.85. The van der Waals surface area contributed by atoms with Crippen LogP contribution in [0.1, 0.15) is 31.7 Å². The molecule has 0 bridgehead atoms. The van der Waals surface area contributed by atoms with Gasteiger partial charge in [-0.1, -0.05) is 24.4 Å². The van der Waals surface area contributed by atoms with Crippen molar-refractivity contribution in [3.63, 3.8) is 0 Å². The molecule has 88 valence electrons. The molecule has 1 N–H and O–H groups in total. The van der Waals surface area contributed by atoms with Gasteiger partial charge in [-0.15, -0.1) is 0 Å². The van der Waals surface area contributed by atoms with Crippen molar-refractivity contribution >= 4 is 11.6 Å². The van der Waals surface area contributed by atoms with Crippen molar-refractivity contribution < 1.29 is 4.39 Å². The smallest absolute Gasteiger partial charge is 0.127 e. The summed E-state index contributed by atoms with van der Waals surface area (Å²) >= 11 is 5.83. The van der Waals surface area contributed by atoms with E-state index in [0.717, 1.165) is 5.92 Å². The number of hydrogen-bond acceptors (Lipinski definition) is 1. The topological polar surface area (TPSA) is 12.0 Å². The van der Waals surface area contributed by atoms with Gasteiger partial charge in [0.05, 0.1) is 0 Å². The fraction of sp³-hybridized carbons (Fsp3) is 0.538.